The van der Waals surface area contributed by atoms with Crippen LogP contribution in [0.2, 0.25) is 0 Å². The number of nitrogens with zero attached hydrogens (tertiary/aromatic N) is 2. The van der Waals surface area contributed by atoms with Gasteiger partial charge in [-0.2, -0.15) is 0 Å². The number of nitrogens with one attached hydrogen (secondary N) is 1. The van der Waals surface area contributed by atoms with Crippen LogP contribution in [-0.2, 0) is 6.54 Å². The molecule has 80 valence electrons. The van der Waals surface area contributed by atoms with E-state index in [9.17, 15) is 4.79 Å². The van der Waals surface area contributed by atoms with Crippen LogP contribution in [0.1, 0.15) is 16.9 Å². The van der Waals surface area contributed by atoms with Crippen LogP contribution in [0.25, 0.3) is 0 Å². The van der Waals surface area contributed by atoms with Crippen molar-refractivity contribution in [2.24, 2.45) is 5.73 Å². The number of hydrogen-bond donors (Lipinski definition) is 2. The van der Waals surface area contributed by atoms with Crippen LogP contribution < -0.4 is 11.1 Å². The Labute approximate surface area is 88.7 Å². The highest BCUT2D eigenvalue weighted by Gasteiger charge is 2.07. The number of hydrogen-bond acceptors (Lipinski definition) is 3. The molecular weight excluding hydrogens is 192 g/mol. The normalized spacial score (nSPS) is 9.60. The second kappa shape index (κ2) is 5.83. The maximum Gasteiger partial charge on any atom is 0.271 e. The van der Waals surface area contributed by atoms with Crippen molar-refractivity contribution in [3.8, 4) is 12.3 Å². The highest BCUT2D eigenvalue weighted by Crippen LogP contribution is 1.95. The van der Waals surface area contributed by atoms with Crippen LogP contribution in [-0.4, -0.2) is 28.5 Å². The van der Waals surface area contributed by atoms with Crippen molar-refractivity contribution in [3.05, 3.63) is 18.2 Å². The number of terminal acetylenes is 1. The minimum atomic E-state index is -0.207. The van der Waals surface area contributed by atoms with Crippen molar-refractivity contribution in [2.45, 2.75) is 13.0 Å². The first kappa shape index (κ1) is 11.3. The van der Waals surface area contributed by atoms with Crippen LogP contribution >= 0.6 is 0 Å². The lowest BCUT2D eigenvalue weighted by atomic mass is 10.4. The molecule has 5 heteroatoms. The number of carbonyl (C=O) groups excluding carboxylic acids is 1. The first-order chi connectivity index (χ1) is 7.27. The summed E-state index contributed by atoms with van der Waals surface area (Å²) in [7, 11) is 0. The Morgan fingerprint density at radius 3 is 3.20 bits per heavy atom. The molecule has 1 rings (SSSR count). The Morgan fingerprint density at radius 2 is 2.53 bits per heavy atom. The Bertz CT molecular complexity index is 364. The molecule has 0 spiro atoms. The molecule has 0 unspecified atom stereocenters. The predicted molar refractivity (Wildman–Crippen MR) is 57.1 cm³/mol. The Morgan fingerprint density at radius 1 is 1.73 bits per heavy atom. The van der Waals surface area contributed by atoms with Gasteiger partial charge in [-0.1, -0.05) is 0 Å². The second-order valence-electron chi connectivity index (χ2n) is 3.00. The van der Waals surface area contributed by atoms with Crippen LogP contribution in [0.3, 0.4) is 0 Å². The van der Waals surface area contributed by atoms with Crippen LogP contribution in [0.4, 0.5) is 0 Å². The monoisotopic (exact) mass is 206 g/mol. The number of imidazole rings is 1. The second-order valence-corrected chi connectivity index (χ2v) is 3.00. The molecule has 0 saturated carbocycles. The Hall–Kier alpha value is -1.80. The van der Waals surface area contributed by atoms with E-state index in [0.29, 0.717) is 31.7 Å². The summed E-state index contributed by atoms with van der Waals surface area (Å²) in [6.07, 6.45) is 8.84. The molecule has 0 aliphatic heterocycles. The van der Waals surface area contributed by atoms with E-state index >= 15 is 0 Å². The molecule has 1 aromatic rings. The molecule has 5 nitrogen and oxygen atoms in total. The SMILES string of the molecule is C#CCCNC(=O)c1cn(CCN)cn1. The molecule has 0 aliphatic rings. The summed E-state index contributed by atoms with van der Waals surface area (Å²) < 4.78 is 1.77. The molecule has 0 aliphatic carbocycles. The standard InChI is InChI=1S/C10H14N4O/c1-2-3-5-12-10(15)9-7-14(6-4-11)8-13-9/h1,7-8H,3-6,11H2,(H,12,15). The molecule has 0 saturated heterocycles. The fourth-order valence-corrected chi connectivity index (χ4v) is 1.09. The largest absolute Gasteiger partial charge is 0.350 e. The van der Waals surface area contributed by atoms with Gasteiger partial charge in [-0.15, -0.1) is 12.3 Å². The summed E-state index contributed by atoms with van der Waals surface area (Å²) in [5.74, 6) is 2.24. The van der Waals surface area contributed by atoms with Gasteiger partial charge < -0.3 is 15.6 Å². The number of carbonyl (C=O) groups is 1. The molecule has 0 atom stereocenters. The highest BCUT2D eigenvalue weighted by molar-refractivity contribution is 5.91. The van der Waals surface area contributed by atoms with E-state index in [4.69, 9.17) is 12.2 Å². The van der Waals surface area contributed by atoms with Crippen molar-refractivity contribution in [1.29, 1.82) is 0 Å². The molecule has 15 heavy (non-hydrogen) atoms. The van der Waals surface area contributed by atoms with Crippen LogP contribution in [0, 0.1) is 12.3 Å². The van der Waals surface area contributed by atoms with Crippen LogP contribution in [0.15, 0.2) is 12.5 Å². The van der Waals surface area contributed by atoms with Gasteiger partial charge in [0.2, 0.25) is 0 Å². The van der Waals surface area contributed by atoms with E-state index < -0.39 is 0 Å². The van der Waals surface area contributed by atoms with Gasteiger partial charge in [-0.05, 0) is 0 Å². The molecule has 0 aromatic carbocycles. The molecular formula is C10H14N4O. The van der Waals surface area contributed by atoms with E-state index in [2.05, 4.69) is 16.2 Å². The molecule has 0 radical (unpaired) electrons. The molecule has 1 heterocycles. The first-order valence-electron chi connectivity index (χ1n) is 4.71. The highest BCUT2D eigenvalue weighted by atomic mass is 16.1. The number of aromatic nitrogens is 2. The van der Waals surface area contributed by atoms with Gasteiger partial charge in [0.15, 0.2) is 0 Å². The third kappa shape index (κ3) is 3.44. The molecule has 0 bridgehead atoms. The van der Waals surface area contributed by atoms with Gasteiger partial charge in [-0.25, -0.2) is 4.98 Å². The summed E-state index contributed by atoms with van der Waals surface area (Å²) in [6, 6.07) is 0. The number of amides is 1. The summed E-state index contributed by atoms with van der Waals surface area (Å²) >= 11 is 0. The number of nitrogens with two attached hydrogens (primary N) is 1. The quantitative estimate of drug-likeness (QED) is 0.508. The van der Waals surface area contributed by atoms with E-state index in [1.807, 2.05) is 0 Å². The Balaban J connectivity index is 2.47. The average molecular weight is 206 g/mol. The summed E-state index contributed by atoms with van der Waals surface area (Å²) in [6.45, 7) is 1.65. The van der Waals surface area contributed by atoms with Crippen molar-refractivity contribution in [3.63, 3.8) is 0 Å². The zero-order valence-corrected chi connectivity index (χ0v) is 8.44. The molecule has 1 aromatic heterocycles. The van der Waals surface area contributed by atoms with Crippen molar-refractivity contribution < 1.29 is 4.79 Å². The van der Waals surface area contributed by atoms with Crippen molar-refractivity contribution >= 4 is 5.91 Å². The maximum absolute atomic E-state index is 11.5. The molecule has 3 N–H and O–H groups in total. The van der Waals surface area contributed by atoms with Gasteiger partial charge in [0.1, 0.15) is 5.69 Å². The maximum atomic E-state index is 11.5. The van der Waals surface area contributed by atoms with Gasteiger partial charge in [0.25, 0.3) is 5.91 Å². The summed E-state index contributed by atoms with van der Waals surface area (Å²) in [5.41, 5.74) is 5.76. The minimum absolute atomic E-state index is 0.207. The van der Waals surface area contributed by atoms with Crippen molar-refractivity contribution in [2.75, 3.05) is 13.1 Å². The summed E-state index contributed by atoms with van der Waals surface area (Å²) in [4.78, 5) is 15.4. The zero-order chi connectivity index (χ0) is 11.1. The smallest absolute Gasteiger partial charge is 0.271 e. The molecule has 0 fully saturated rings. The van der Waals surface area contributed by atoms with E-state index in [1.165, 1.54) is 0 Å². The average Bonchev–Trinajstić information content (AvgIpc) is 2.67. The summed E-state index contributed by atoms with van der Waals surface area (Å²) in [5, 5.41) is 2.67. The Kier molecular flexibility index (Phi) is 4.38. The van der Waals surface area contributed by atoms with E-state index in [0.717, 1.165) is 0 Å². The lowest BCUT2D eigenvalue weighted by Gasteiger charge is -1.99. The van der Waals surface area contributed by atoms with E-state index in [1.54, 1.807) is 17.1 Å². The first-order valence-corrected chi connectivity index (χ1v) is 4.71. The fraction of sp³-hybridized carbons (Fsp3) is 0.400. The van der Waals surface area contributed by atoms with Gasteiger partial charge in [0.05, 0.1) is 6.33 Å². The minimum Gasteiger partial charge on any atom is -0.350 e. The van der Waals surface area contributed by atoms with Crippen molar-refractivity contribution in [1.82, 2.24) is 14.9 Å². The predicted octanol–water partition coefficient (Wildman–Crippen LogP) is -0.405. The molecule has 1 amide bonds. The topological polar surface area (TPSA) is 72.9 Å². The van der Waals surface area contributed by atoms with Gasteiger partial charge in [-0.3, -0.25) is 4.79 Å². The fourth-order valence-electron chi connectivity index (χ4n) is 1.09. The van der Waals surface area contributed by atoms with E-state index in [-0.39, 0.29) is 5.91 Å². The number of rotatable bonds is 5. The lowest BCUT2D eigenvalue weighted by Crippen LogP contribution is -2.24. The van der Waals surface area contributed by atoms with Gasteiger partial charge >= 0.3 is 0 Å². The van der Waals surface area contributed by atoms with Crippen LogP contribution in [0.5, 0.6) is 0 Å². The third-order valence-corrected chi connectivity index (χ3v) is 1.81. The van der Waals surface area contributed by atoms with Gasteiger partial charge in [0, 0.05) is 32.3 Å². The third-order valence-electron chi connectivity index (χ3n) is 1.81. The lowest BCUT2D eigenvalue weighted by molar-refractivity contribution is 0.0950. The zero-order valence-electron chi connectivity index (χ0n) is 8.44.